The molecule has 1 aliphatic heterocycles. The van der Waals surface area contributed by atoms with Gasteiger partial charge in [0.1, 0.15) is 0 Å². The maximum absolute atomic E-state index is 11.0. The van der Waals surface area contributed by atoms with Crippen LogP contribution in [0.25, 0.3) is 0 Å². The zero-order valence-corrected chi connectivity index (χ0v) is 23.6. The molecule has 2 fully saturated rings. The highest BCUT2D eigenvalue weighted by atomic mass is 28.4. The Morgan fingerprint density at radius 1 is 1.09 bits per heavy atom. The lowest BCUT2D eigenvalue weighted by Crippen LogP contribution is -2.44. The first kappa shape index (κ1) is 28.5. The van der Waals surface area contributed by atoms with Gasteiger partial charge in [0.15, 0.2) is 14.6 Å². The number of hydrogen-bond donors (Lipinski definition) is 1. The van der Waals surface area contributed by atoms with Crippen LogP contribution in [-0.4, -0.2) is 51.7 Å². The van der Waals surface area contributed by atoms with Crippen LogP contribution in [0.15, 0.2) is 42.5 Å². The Hall–Kier alpha value is -1.02. The highest BCUT2D eigenvalue weighted by Crippen LogP contribution is 2.42. The fourth-order valence-electron chi connectivity index (χ4n) is 4.69. The minimum Gasteiger partial charge on any atom is -0.416 e. The molecule has 1 saturated heterocycles. The second-order valence-corrected chi connectivity index (χ2v) is 16.5. The van der Waals surface area contributed by atoms with E-state index in [2.05, 4.69) is 58.2 Å². The van der Waals surface area contributed by atoms with Crippen LogP contribution in [0.5, 0.6) is 0 Å². The van der Waals surface area contributed by atoms with Crippen molar-refractivity contribution in [1.82, 2.24) is 0 Å². The molecule has 5 atom stereocenters. The number of aliphatic hydroxyl groups excluding tert-OH is 1. The third-order valence-corrected chi connectivity index (χ3v) is 12.5. The molecule has 0 aromatic heterocycles. The van der Waals surface area contributed by atoms with Crippen LogP contribution in [0.1, 0.15) is 64.9 Å². The number of rotatable bonds is 12. The molecular formula is C29H48O5Si. The molecule has 0 amide bonds. The van der Waals surface area contributed by atoms with Crippen molar-refractivity contribution >= 4 is 8.32 Å². The van der Waals surface area contributed by atoms with E-state index in [9.17, 15) is 5.11 Å². The SMILES string of the molecule is CC(C)(C)[Si](C)(C)OC[C@@H]1[C@@H](C/C=C/CCOCc2ccccc2)[C@@H](O)C[C@H]1OC1CCCCO1. The van der Waals surface area contributed by atoms with Gasteiger partial charge in [-0.15, -0.1) is 0 Å². The Bertz CT molecular complexity index is 754. The second-order valence-electron chi connectivity index (χ2n) is 11.7. The van der Waals surface area contributed by atoms with Crippen LogP contribution in [0, 0.1) is 11.8 Å². The van der Waals surface area contributed by atoms with Gasteiger partial charge in [-0.25, -0.2) is 0 Å². The highest BCUT2D eigenvalue weighted by Gasteiger charge is 2.46. The van der Waals surface area contributed by atoms with Crippen LogP contribution in [0.3, 0.4) is 0 Å². The van der Waals surface area contributed by atoms with E-state index in [1.54, 1.807) is 0 Å². The molecule has 1 N–H and O–H groups in total. The maximum atomic E-state index is 11.0. The van der Waals surface area contributed by atoms with Crippen LogP contribution in [-0.2, 0) is 25.2 Å². The van der Waals surface area contributed by atoms with Gasteiger partial charge in [-0.05, 0) is 61.7 Å². The van der Waals surface area contributed by atoms with E-state index >= 15 is 0 Å². The Balaban J connectivity index is 1.53. The molecule has 6 heteroatoms. The van der Waals surface area contributed by atoms with Crippen molar-refractivity contribution in [2.24, 2.45) is 11.8 Å². The molecule has 0 spiro atoms. The van der Waals surface area contributed by atoms with Crippen molar-refractivity contribution in [3.05, 3.63) is 48.0 Å². The first-order valence-electron chi connectivity index (χ1n) is 13.5. The van der Waals surface area contributed by atoms with Gasteiger partial charge in [0.05, 0.1) is 25.4 Å². The number of hydrogen-bond acceptors (Lipinski definition) is 5. The average Bonchev–Trinajstić information content (AvgIpc) is 3.11. The molecule has 35 heavy (non-hydrogen) atoms. The Kier molecular flexibility index (Phi) is 11.0. The average molecular weight is 505 g/mol. The Labute approximate surface area is 214 Å². The first-order valence-corrected chi connectivity index (χ1v) is 16.4. The summed E-state index contributed by atoms with van der Waals surface area (Å²) in [6.45, 7) is 14.2. The maximum Gasteiger partial charge on any atom is 0.191 e. The van der Waals surface area contributed by atoms with Crippen molar-refractivity contribution in [3.63, 3.8) is 0 Å². The topological polar surface area (TPSA) is 57.2 Å². The zero-order chi connectivity index (χ0) is 25.3. The van der Waals surface area contributed by atoms with Gasteiger partial charge in [-0.1, -0.05) is 63.3 Å². The minimum absolute atomic E-state index is 0.0227. The molecule has 3 rings (SSSR count). The third kappa shape index (κ3) is 8.80. The summed E-state index contributed by atoms with van der Waals surface area (Å²) in [5.74, 6) is 0.304. The Morgan fingerprint density at radius 2 is 1.86 bits per heavy atom. The van der Waals surface area contributed by atoms with Crippen molar-refractivity contribution < 1.29 is 23.7 Å². The summed E-state index contributed by atoms with van der Waals surface area (Å²) in [7, 11) is -1.89. The van der Waals surface area contributed by atoms with E-state index < -0.39 is 8.32 Å². The summed E-state index contributed by atoms with van der Waals surface area (Å²) in [6.07, 6.45) is 9.39. The fraction of sp³-hybridized carbons (Fsp3) is 0.724. The molecule has 1 aromatic carbocycles. The number of benzene rings is 1. The molecule has 0 bridgehead atoms. The molecule has 1 unspecified atom stereocenters. The lowest BCUT2D eigenvalue weighted by atomic mass is 9.91. The predicted octanol–water partition coefficient (Wildman–Crippen LogP) is 6.47. The molecule has 0 radical (unpaired) electrons. The highest BCUT2D eigenvalue weighted by molar-refractivity contribution is 6.74. The molecule has 1 heterocycles. The summed E-state index contributed by atoms with van der Waals surface area (Å²) in [5.41, 5.74) is 1.20. The Morgan fingerprint density at radius 3 is 2.54 bits per heavy atom. The van der Waals surface area contributed by atoms with E-state index in [1.807, 2.05) is 18.2 Å². The normalized spacial score (nSPS) is 28.1. The van der Waals surface area contributed by atoms with Crippen molar-refractivity contribution in [2.45, 2.75) is 103 Å². The third-order valence-electron chi connectivity index (χ3n) is 8.02. The van der Waals surface area contributed by atoms with Crippen LogP contribution in [0.4, 0.5) is 0 Å². The van der Waals surface area contributed by atoms with Crippen molar-refractivity contribution in [3.8, 4) is 0 Å². The van der Waals surface area contributed by atoms with Gasteiger partial charge >= 0.3 is 0 Å². The van der Waals surface area contributed by atoms with E-state index in [-0.39, 0.29) is 35.4 Å². The summed E-state index contributed by atoms with van der Waals surface area (Å²) < 4.78 is 24.7. The zero-order valence-electron chi connectivity index (χ0n) is 22.6. The molecule has 1 saturated carbocycles. The standard InChI is InChI=1S/C29H48O5Si/c1-29(2,3)35(4,5)33-22-25-24(26(30)20-27(25)34-28-17-11-13-19-32-28)16-10-7-12-18-31-21-23-14-8-6-9-15-23/h6-10,14-15,24-28,30H,11-13,16-22H2,1-5H3/b10-7+/t24-,25-,26+,27-,28?/m1/s1. The molecule has 2 aliphatic rings. The molecule has 198 valence electrons. The van der Waals surface area contributed by atoms with Gasteiger partial charge < -0.3 is 23.7 Å². The lowest BCUT2D eigenvalue weighted by Gasteiger charge is -2.38. The van der Waals surface area contributed by atoms with Crippen molar-refractivity contribution in [2.75, 3.05) is 19.8 Å². The van der Waals surface area contributed by atoms with E-state index in [4.69, 9.17) is 18.6 Å². The van der Waals surface area contributed by atoms with Crippen LogP contribution >= 0.6 is 0 Å². The van der Waals surface area contributed by atoms with Gasteiger partial charge in [-0.3, -0.25) is 0 Å². The van der Waals surface area contributed by atoms with E-state index in [0.29, 0.717) is 26.2 Å². The summed E-state index contributed by atoms with van der Waals surface area (Å²) in [5, 5.41) is 11.1. The summed E-state index contributed by atoms with van der Waals surface area (Å²) >= 11 is 0. The lowest BCUT2D eigenvalue weighted by molar-refractivity contribution is -0.197. The quantitative estimate of drug-likeness (QED) is 0.201. The monoisotopic (exact) mass is 504 g/mol. The fourth-order valence-corrected chi connectivity index (χ4v) is 5.73. The van der Waals surface area contributed by atoms with E-state index in [1.165, 1.54) is 5.56 Å². The number of ether oxygens (including phenoxy) is 3. The van der Waals surface area contributed by atoms with Crippen LogP contribution in [0.2, 0.25) is 18.1 Å². The summed E-state index contributed by atoms with van der Waals surface area (Å²) in [6, 6.07) is 10.3. The summed E-state index contributed by atoms with van der Waals surface area (Å²) in [4.78, 5) is 0. The van der Waals surface area contributed by atoms with Crippen molar-refractivity contribution in [1.29, 1.82) is 0 Å². The van der Waals surface area contributed by atoms with Gasteiger partial charge in [0.2, 0.25) is 0 Å². The largest absolute Gasteiger partial charge is 0.416 e. The first-order chi connectivity index (χ1) is 16.7. The molecule has 5 nitrogen and oxygen atoms in total. The number of aliphatic hydroxyl groups is 1. The molecular weight excluding hydrogens is 456 g/mol. The molecule has 1 aromatic rings. The van der Waals surface area contributed by atoms with E-state index in [0.717, 1.165) is 38.7 Å². The predicted molar refractivity (Wildman–Crippen MR) is 144 cm³/mol. The smallest absolute Gasteiger partial charge is 0.191 e. The molecule has 1 aliphatic carbocycles. The minimum atomic E-state index is -1.89. The van der Waals surface area contributed by atoms with Gasteiger partial charge in [0.25, 0.3) is 0 Å². The second kappa shape index (κ2) is 13.5. The van der Waals surface area contributed by atoms with Gasteiger partial charge in [-0.2, -0.15) is 0 Å². The van der Waals surface area contributed by atoms with Gasteiger partial charge in [0, 0.05) is 25.6 Å². The van der Waals surface area contributed by atoms with Crippen LogP contribution < -0.4 is 0 Å². The number of allylic oxidation sites excluding steroid dienone is 1.